The van der Waals surface area contributed by atoms with E-state index in [-0.39, 0.29) is 24.7 Å². The average molecular weight is 367 g/mol. The first-order chi connectivity index (χ1) is 13.0. The number of benzene rings is 2. The molecule has 140 valence electrons. The molecule has 0 saturated carbocycles. The molecule has 1 heterocycles. The highest BCUT2D eigenvalue weighted by molar-refractivity contribution is 6.02. The van der Waals surface area contributed by atoms with Gasteiger partial charge in [-0.2, -0.15) is 0 Å². The van der Waals surface area contributed by atoms with Crippen LogP contribution in [0.2, 0.25) is 0 Å². The van der Waals surface area contributed by atoms with Gasteiger partial charge in [0.1, 0.15) is 5.75 Å². The minimum atomic E-state index is -0.898. The lowest BCUT2D eigenvalue weighted by Gasteiger charge is -2.18. The van der Waals surface area contributed by atoms with E-state index in [4.69, 9.17) is 9.47 Å². The maximum absolute atomic E-state index is 12.4. The maximum atomic E-state index is 12.4. The molecule has 1 aliphatic rings. The van der Waals surface area contributed by atoms with Crippen molar-refractivity contribution < 1.29 is 23.9 Å². The number of hydrogen-bond donors (Lipinski definition) is 0. The number of esters is 1. The van der Waals surface area contributed by atoms with Gasteiger partial charge in [-0.3, -0.25) is 14.4 Å². The Bertz CT molecular complexity index is 831. The highest BCUT2D eigenvalue weighted by Gasteiger charge is 2.37. The molecule has 1 aliphatic heterocycles. The Labute approximate surface area is 157 Å². The molecule has 27 heavy (non-hydrogen) atoms. The molecule has 0 radical (unpaired) electrons. The number of hydrogen-bond acceptors (Lipinski definition) is 5. The standard InChI is InChI=1S/C21H21NO5/c1-14(20(24)15-6-4-3-5-7-15)27-21(25)16-12-19(23)22(13-16)17-8-10-18(26-2)11-9-17/h3-11,14,16H,12-13H2,1-2H3/t14-,16+/m1/s1. The Morgan fingerprint density at radius 1 is 1.07 bits per heavy atom. The minimum absolute atomic E-state index is 0.0666. The normalized spacial score (nSPS) is 17.5. The highest BCUT2D eigenvalue weighted by atomic mass is 16.5. The molecule has 1 saturated heterocycles. The second-order valence-corrected chi connectivity index (χ2v) is 6.41. The Morgan fingerprint density at radius 3 is 2.37 bits per heavy atom. The fourth-order valence-electron chi connectivity index (χ4n) is 3.04. The first-order valence-electron chi connectivity index (χ1n) is 8.73. The van der Waals surface area contributed by atoms with Gasteiger partial charge in [-0.25, -0.2) is 0 Å². The van der Waals surface area contributed by atoms with E-state index >= 15 is 0 Å². The van der Waals surface area contributed by atoms with Gasteiger partial charge in [0, 0.05) is 24.2 Å². The summed E-state index contributed by atoms with van der Waals surface area (Å²) in [5.74, 6) is -0.846. The molecule has 1 amide bonds. The minimum Gasteiger partial charge on any atom is -0.497 e. The Kier molecular flexibility index (Phi) is 5.54. The van der Waals surface area contributed by atoms with E-state index in [9.17, 15) is 14.4 Å². The largest absolute Gasteiger partial charge is 0.497 e. The van der Waals surface area contributed by atoms with Gasteiger partial charge in [0.05, 0.1) is 13.0 Å². The molecule has 2 atom stereocenters. The predicted molar refractivity (Wildman–Crippen MR) is 99.8 cm³/mol. The molecular formula is C21H21NO5. The SMILES string of the molecule is COc1ccc(N2C[C@@H](C(=O)O[C@H](C)C(=O)c3ccccc3)CC2=O)cc1. The zero-order chi connectivity index (χ0) is 19.4. The van der Waals surface area contributed by atoms with Gasteiger partial charge in [0.15, 0.2) is 6.10 Å². The molecule has 2 aromatic carbocycles. The van der Waals surface area contributed by atoms with E-state index in [1.807, 2.05) is 6.07 Å². The number of ether oxygens (including phenoxy) is 2. The number of Topliss-reactive ketones (excluding diaryl/α,β-unsaturated/α-hetero) is 1. The summed E-state index contributed by atoms with van der Waals surface area (Å²) in [4.78, 5) is 38.6. The molecule has 0 bridgehead atoms. The smallest absolute Gasteiger partial charge is 0.312 e. The second-order valence-electron chi connectivity index (χ2n) is 6.41. The third-order valence-corrected chi connectivity index (χ3v) is 4.56. The number of nitrogens with zero attached hydrogens (tertiary/aromatic N) is 1. The Balaban J connectivity index is 1.62. The van der Waals surface area contributed by atoms with Crippen LogP contribution in [0.1, 0.15) is 23.7 Å². The van der Waals surface area contributed by atoms with Crippen LogP contribution in [0.25, 0.3) is 0 Å². The van der Waals surface area contributed by atoms with Gasteiger partial charge in [0.2, 0.25) is 11.7 Å². The fraction of sp³-hybridized carbons (Fsp3) is 0.286. The van der Waals surface area contributed by atoms with Crippen LogP contribution in [0.5, 0.6) is 5.75 Å². The van der Waals surface area contributed by atoms with Crippen LogP contribution in [0, 0.1) is 5.92 Å². The highest BCUT2D eigenvalue weighted by Crippen LogP contribution is 2.27. The van der Waals surface area contributed by atoms with Crippen LogP contribution in [-0.4, -0.2) is 37.4 Å². The van der Waals surface area contributed by atoms with E-state index < -0.39 is 18.0 Å². The molecule has 0 aromatic heterocycles. The number of methoxy groups -OCH3 is 1. The number of rotatable bonds is 6. The zero-order valence-electron chi connectivity index (χ0n) is 15.3. The van der Waals surface area contributed by atoms with Crippen LogP contribution >= 0.6 is 0 Å². The summed E-state index contributed by atoms with van der Waals surface area (Å²) in [7, 11) is 1.57. The predicted octanol–water partition coefficient (Wildman–Crippen LogP) is 2.86. The summed E-state index contributed by atoms with van der Waals surface area (Å²) in [5, 5.41) is 0. The lowest BCUT2D eigenvalue weighted by molar-refractivity contribution is -0.151. The van der Waals surface area contributed by atoms with Crippen molar-refractivity contribution in [1.82, 2.24) is 0 Å². The summed E-state index contributed by atoms with van der Waals surface area (Å²) < 4.78 is 10.4. The molecule has 0 N–H and O–H groups in total. The van der Waals surface area contributed by atoms with Crippen LogP contribution in [0.15, 0.2) is 54.6 Å². The van der Waals surface area contributed by atoms with Crippen LogP contribution in [-0.2, 0) is 14.3 Å². The van der Waals surface area contributed by atoms with Gasteiger partial charge in [0.25, 0.3) is 0 Å². The second kappa shape index (κ2) is 8.03. The van der Waals surface area contributed by atoms with Crippen molar-refractivity contribution in [2.24, 2.45) is 5.92 Å². The summed E-state index contributed by atoms with van der Waals surface area (Å²) in [6.07, 6.45) is -0.832. The lowest BCUT2D eigenvalue weighted by atomic mass is 10.1. The maximum Gasteiger partial charge on any atom is 0.312 e. The molecule has 3 rings (SSSR count). The number of ketones is 1. The van der Waals surface area contributed by atoms with Crippen LogP contribution < -0.4 is 9.64 Å². The average Bonchev–Trinajstić information content (AvgIpc) is 3.10. The number of carbonyl (C=O) groups excluding carboxylic acids is 3. The molecule has 6 nitrogen and oxygen atoms in total. The Hall–Kier alpha value is -3.15. The van der Waals surface area contributed by atoms with Crippen LogP contribution in [0.3, 0.4) is 0 Å². The van der Waals surface area contributed by atoms with Crippen molar-refractivity contribution in [2.75, 3.05) is 18.6 Å². The molecule has 0 aliphatic carbocycles. The molecule has 0 spiro atoms. The summed E-state index contributed by atoms with van der Waals surface area (Å²) >= 11 is 0. The van der Waals surface area contributed by atoms with Gasteiger partial charge in [-0.1, -0.05) is 30.3 Å². The molecule has 0 unspecified atom stereocenters. The van der Waals surface area contributed by atoms with Crippen LogP contribution in [0.4, 0.5) is 5.69 Å². The number of carbonyl (C=O) groups is 3. The molecule has 2 aromatic rings. The first kappa shape index (κ1) is 18.6. The van der Waals surface area contributed by atoms with Crippen molar-refractivity contribution >= 4 is 23.3 Å². The monoisotopic (exact) mass is 367 g/mol. The van der Waals surface area contributed by atoms with Crippen molar-refractivity contribution in [3.63, 3.8) is 0 Å². The van der Waals surface area contributed by atoms with Gasteiger partial charge < -0.3 is 14.4 Å². The van der Waals surface area contributed by atoms with Gasteiger partial charge >= 0.3 is 5.97 Å². The number of anilines is 1. The molecule has 6 heteroatoms. The summed E-state index contributed by atoms with van der Waals surface area (Å²) in [6, 6.07) is 15.7. The van der Waals surface area contributed by atoms with E-state index in [0.717, 1.165) is 0 Å². The zero-order valence-corrected chi connectivity index (χ0v) is 15.3. The van der Waals surface area contributed by atoms with E-state index in [1.165, 1.54) is 0 Å². The van der Waals surface area contributed by atoms with Crippen molar-refractivity contribution in [2.45, 2.75) is 19.4 Å². The van der Waals surface area contributed by atoms with Crippen molar-refractivity contribution in [1.29, 1.82) is 0 Å². The third-order valence-electron chi connectivity index (χ3n) is 4.56. The summed E-state index contributed by atoms with van der Waals surface area (Å²) in [6.45, 7) is 1.78. The fourth-order valence-corrected chi connectivity index (χ4v) is 3.04. The first-order valence-corrected chi connectivity index (χ1v) is 8.73. The van der Waals surface area contributed by atoms with Crippen molar-refractivity contribution in [3.8, 4) is 5.75 Å². The molecular weight excluding hydrogens is 346 g/mol. The van der Waals surface area contributed by atoms with E-state index in [2.05, 4.69) is 0 Å². The van der Waals surface area contributed by atoms with Gasteiger partial charge in [-0.15, -0.1) is 0 Å². The van der Waals surface area contributed by atoms with E-state index in [1.54, 1.807) is 67.5 Å². The lowest BCUT2D eigenvalue weighted by Crippen LogP contribution is -2.30. The summed E-state index contributed by atoms with van der Waals surface area (Å²) in [5.41, 5.74) is 1.18. The Morgan fingerprint density at radius 2 is 1.74 bits per heavy atom. The third kappa shape index (κ3) is 4.16. The quantitative estimate of drug-likeness (QED) is 0.580. The molecule has 1 fully saturated rings. The van der Waals surface area contributed by atoms with Gasteiger partial charge in [-0.05, 0) is 31.2 Å². The van der Waals surface area contributed by atoms with Crippen molar-refractivity contribution in [3.05, 3.63) is 60.2 Å². The number of amides is 1. The topological polar surface area (TPSA) is 72.9 Å². The van der Waals surface area contributed by atoms with E-state index in [0.29, 0.717) is 17.0 Å².